The zero-order valence-corrected chi connectivity index (χ0v) is 13.4. The summed E-state index contributed by atoms with van der Waals surface area (Å²) in [6, 6.07) is 6.67. The standard InChI is InChI=1S/C18H21NO4/c1-11(2)22-13-7-8-14-15(10-17(20)23-16(14)9-13)18(21)19-12-5-3-4-6-12/h7-12H,3-6H2,1-2H3,(H,19,21). The SMILES string of the molecule is CC(C)Oc1ccc2c(C(=O)NC3CCCC3)cc(=O)oc2c1. The van der Waals surface area contributed by atoms with E-state index in [1.54, 1.807) is 18.2 Å². The van der Waals surface area contributed by atoms with E-state index in [4.69, 9.17) is 9.15 Å². The van der Waals surface area contributed by atoms with Gasteiger partial charge in [0.25, 0.3) is 5.91 Å². The third kappa shape index (κ3) is 3.55. The Bertz CT molecular complexity index is 772. The number of amides is 1. The predicted octanol–water partition coefficient (Wildman–Crippen LogP) is 3.25. The van der Waals surface area contributed by atoms with Crippen LogP contribution in [0.4, 0.5) is 0 Å². The number of carbonyl (C=O) groups excluding carboxylic acids is 1. The predicted molar refractivity (Wildman–Crippen MR) is 88.0 cm³/mol. The summed E-state index contributed by atoms with van der Waals surface area (Å²) in [6.45, 7) is 3.84. The highest BCUT2D eigenvalue weighted by Gasteiger charge is 2.20. The van der Waals surface area contributed by atoms with Crippen molar-refractivity contribution in [3.63, 3.8) is 0 Å². The van der Waals surface area contributed by atoms with Crippen molar-refractivity contribution >= 4 is 16.9 Å². The average Bonchev–Trinajstić information content (AvgIpc) is 2.98. The molecule has 1 aliphatic carbocycles. The lowest BCUT2D eigenvalue weighted by Gasteiger charge is -2.13. The molecule has 0 atom stereocenters. The van der Waals surface area contributed by atoms with E-state index in [2.05, 4.69) is 5.32 Å². The topological polar surface area (TPSA) is 68.5 Å². The van der Waals surface area contributed by atoms with E-state index < -0.39 is 5.63 Å². The van der Waals surface area contributed by atoms with Crippen LogP contribution in [0, 0.1) is 0 Å². The molecule has 1 fully saturated rings. The molecule has 1 amide bonds. The second kappa shape index (κ2) is 6.44. The minimum Gasteiger partial charge on any atom is -0.491 e. The average molecular weight is 315 g/mol. The first-order valence-electron chi connectivity index (χ1n) is 8.08. The molecule has 2 aromatic rings. The Balaban J connectivity index is 1.95. The molecule has 1 aromatic heterocycles. The van der Waals surface area contributed by atoms with Crippen LogP contribution >= 0.6 is 0 Å². The van der Waals surface area contributed by atoms with Gasteiger partial charge in [-0.1, -0.05) is 12.8 Å². The first-order valence-corrected chi connectivity index (χ1v) is 8.08. The van der Waals surface area contributed by atoms with E-state index >= 15 is 0 Å². The maximum absolute atomic E-state index is 12.5. The summed E-state index contributed by atoms with van der Waals surface area (Å²) in [5, 5.41) is 3.63. The van der Waals surface area contributed by atoms with Crippen LogP contribution in [0.3, 0.4) is 0 Å². The molecule has 0 saturated heterocycles. The lowest BCUT2D eigenvalue weighted by molar-refractivity contribution is 0.0939. The van der Waals surface area contributed by atoms with Crippen molar-refractivity contribution in [3.05, 3.63) is 40.2 Å². The molecule has 5 nitrogen and oxygen atoms in total. The third-order valence-corrected chi connectivity index (χ3v) is 4.02. The molecular formula is C18H21NO4. The molecule has 0 bridgehead atoms. The van der Waals surface area contributed by atoms with Crippen molar-refractivity contribution in [2.45, 2.75) is 51.7 Å². The third-order valence-electron chi connectivity index (χ3n) is 4.02. The van der Waals surface area contributed by atoms with Crippen LogP contribution in [0.25, 0.3) is 11.0 Å². The Kier molecular flexibility index (Phi) is 4.37. The first-order chi connectivity index (χ1) is 11.0. The second-order valence-electron chi connectivity index (χ2n) is 6.26. The maximum Gasteiger partial charge on any atom is 0.337 e. The minimum absolute atomic E-state index is 0.0213. The van der Waals surface area contributed by atoms with Crippen molar-refractivity contribution in [3.8, 4) is 5.75 Å². The van der Waals surface area contributed by atoms with Gasteiger partial charge in [-0.2, -0.15) is 0 Å². The van der Waals surface area contributed by atoms with Crippen molar-refractivity contribution in [1.29, 1.82) is 0 Å². The van der Waals surface area contributed by atoms with E-state index in [0.29, 0.717) is 22.3 Å². The number of rotatable bonds is 4. The summed E-state index contributed by atoms with van der Waals surface area (Å²) in [5.41, 5.74) is 0.197. The molecule has 1 heterocycles. The molecule has 122 valence electrons. The zero-order valence-electron chi connectivity index (χ0n) is 13.4. The van der Waals surface area contributed by atoms with Crippen LogP contribution < -0.4 is 15.7 Å². The number of benzene rings is 1. The first kappa shape index (κ1) is 15.6. The summed E-state index contributed by atoms with van der Waals surface area (Å²) in [5.74, 6) is 0.399. The summed E-state index contributed by atoms with van der Waals surface area (Å²) in [7, 11) is 0. The van der Waals surface area contributed by atoms with Gasteiger partial charge in [0.2, 0.25) is 0 Å². The molecular weight excluding hydrogens is 294 g/mol. The Labute approximate surface area is 134 Å². The number of carbonyl (C=O) groups is 1. The number of fused-ring (bicyclic) bond motifs is 1. The molecule has 1 saturated carbocycles. The van der Waals surface area contributed by atoms with Gasteiger partial charge in [0.05, 0.1) is 11.7 Å². The van der Waals surface area contributed by atoms with E-state index in [1.807, 2.05) is 13.8 Å². The Morgan fingerprint density at radius 3 is 2.70 bits per heavy atom. The van der Waals surface area contributed by atoms with Gasteiger partial charge < -0.3 is 14.5 Å². The van der Waals surface area contributed by atoms with Crippen LogP contribution in [0.5, 0.6) is 5.75 Å². The van der Waals surface area contributed by atoms with Crippen molar-refractivity contribution in [1.82, 2.24) is 5.32 Å². The largest absolute Gasteiger partial charge is 0.491 e. The molecule has 5 heteroatoms. The van der Waals surface area contributed by atoms with Gasteiger partial charge in [-0.3, -0.25) is 4.79 Å². The number of ether oxygens (including phenoxy) is 1. The highest BCUT2D eigenvalue weighted by atomic mass is 16.5. The lowest BCUT2D eigenvalue weighted by atomic mass is 10.1. The van der Waals surface area contributed by atoms with E-state index in [1.165, 1.54) is 6.07 Å². The minimum atomic E-state index is -0.532. The second-order valence-corrected chi connectivity index (χ2v) is 6.26. The van der Waals surface area contributed by atoms with Gasteiger partial charge in [0.15, 0.2) is 0 Å². The van der Waals surface area contributed by atoms with E-state index in [-0.39, 0.29) is 18.1 Å². The molecule has 1 aromatic carbocycles. The fraction of sp³-hybridized carbons (Fsp3) is 0.444. The smallest absolute Gasteiger partial charge is 0.337 e. The van der Waals surface area contributed by atoms with E-state index in [9.17, 15) is 9.59 Å². The molecule has 0 radical (unpaired) electrons. The molecule has 1 aliphatic rings. The number of hydrogen-bond donors (Lipinski definition) is 1. The molecule has 0 aliphatic heterocycles. The maximum atomic E-state index is 12.5. The van der Waals surface area contributed by atoms with Crippen LogP contribution in [0.1, 0.15) is 49.9 Å². The fourth-order valence-corrected chi connectivity index (χ4v) is 3.01. The van der Waals surface area contributed by atoms with Crippen LogP contribution in [-0.2, 0) is 0 Å². The van der Waals surface area contributed by atoms with Gasteiger partial charge in [-0.15, -0.1) is 0 Å². The zero-order chi connectivity index (χ0) is 16.4. The quantitative estimate of drug-likeness (QED) is 0.879. The Morgan fingerprint density at radius 2 is 2.00 bits per heavy atom. The van der Waals surface area contributed by atoms with Gasteiger partial charge in [-0.25, -0.2) is 4.79 Å². The summed E-state index contributed by atoms with van der Waals surface area (Å²) in [4.78, 5) is 24.3. The van der Waals surface area contributed by atoms with Gasteiger partial charge in [-0.05, 0) is 38.8 Å². The van der Waals surface area contributed by atoms with Crippen molar-refractivity contribution in [2.75, 3.05) is 0 Å². The van der Waals surface area contributed by atoms with Crippen molar-refractivity contribution in [2.24, 2.45) is 0 Å². The van der Waals surface area contributed by atoms with Crippen LogP contribution in [0.15, 0.2) is 33.5 Å². The number of hydrogen-bond acceptors (Lipinski definition) is 4. The summed E-state index contributed by atoms with van der Waals surface area (Å²) >= 11 is 0. The monoisotopic (exact) mass is 315 g/mol. The molecule has 0 spiro atoms. The molecule has 23 heavy (non-hydrogen) atoms. The van der Waals surface area contributed by atoms with Crippen LogP contribution in [0.2, 0.25) is 0 Å². The van der Waals surface area contributed by atoms with Crippen LogP contribution in [-0.4, -0.2) is 18.1 Å². The lowest BCUT2D eigenvalue weighted by Crippen LogP contribution is -2.33. The van der Waals surface area contributed by atoms with Gasteiger partial charge in [0.1, 0.15) is 11.3 Å². The number of nitrogens with one attached hydrogen (secondary N) is 1. The molecule has 1 N–H and O–H groups in total. The fourth-order valence-electron chi connectivity index (χ4n) is 3.01. The Hall–Kier alpha value is -2.30. The molecule has 3 rings (SSSR count). The summed E-state index contributed by atoms with van der Waals surface area (Å²) < 4.78 is 10.8. The van der Waals surface area contributed by atoms with E-state index in [0.717, 1.165) is 25.7 Å². The normalized spacial score (nSPS) is 15.3. The van der Waals surface area contributed by atoms with Gasteiger partial charge >= 0.3 is 5.63 Å². The Morgan fingerprint density at radius 1 is 1.26 bits per heavy atom. The molecule has 0 unspecified atom stereocenters. The van der Waals surface area contributed by atoms with Crippen molar-refractivity contribution < 1.29 is 13.9 Å². The highest BCUT2D eigenvalue weighted by Crippen LogP contribution is 2.24. The highest BCUT2D eigenvalue weighted by molar-refractivity contribution is 6.05. The summed E-state index contributed by atoms with van der Waals surface area (Å²) in [6.07, 6.45) is 4.29. The van der Waals surface area contributed by atoms with Gasteiger partial charge in [0, 0.05) is 23.6 Å².